The van der Waals surface area contributed by atoms with Gasteiger partial charge < -0.3 is 10.1 Å². The van der Waals surface area contributed by atoms with E-state index >= 15 is 0 Å². The van der Waals surface area contributed by atoms with Crippen LogP contribution in [-0.4, -0.2) is 19.7 Å². The minimum absolute atomic E-state index is 0.175. The third-order valence-electron chi connectivity index (χ3n) is 3.37. The molecule has 1 aromatic rings. The molecule has 0 amide bonds. The molecule has 94 valence electrons. The minimum Gasteiger partial charge on any atom is -0.495 e. The van der Waals surface area contributed by atoms with Gasteiger partial charge in [0, 0.05) is 11.6 Å². The van der Waals surface area contributed by atoms with Crippen LogP contribution in [0.15, 0.2) is 10.5 Å². The number of hydrogen-bond acceptors (Lipinski definition) is 2. The van der Waals surface area contributed by atoms with E-state index in [1.54, 1.807) is 7.11 Å². The van der Waals surface area contributed by atoms with Crippen molar-refractivity contribution < 1.29 is 9.13 Å². The van der Waals surface area contributed by atoms with Crippen molar-refractivity contribution in [3.8, 4) is 5.75 Å². The third-order valence-corrected chi connectivity index (χ3v) is 3.96. The van der Waals surface area contributed by atoms with Gasteiger partial charge in [0.25, 0.3) is 0 Å². The highest BCUT2D eigenvalue weighted by atomic mass is 79.9. The first-order chi connectivity index (χ1) is 8.13. The molecule has 1 unspecified atom stereocenters. The van der Waals surface area contributed by atoms with Crippen LogP contribution in [0.1, 0.15) is 24.0 Å². The first-order valence-electron chi connectivity index (χ1n) is 5.88. The number of hydrogen-bond donors (Lipinski definition) is 1. The van der Waals surface area contributed by atoms with E-state index in [2.05, 4.69) is 21.2 Å². The van der Waals surface area contributed by atoms with Gasteiger partial charge >= 0.3 is 0 Å². The Morgan fingerprint density at radius 2 is 2.35 bits per heavy atom. The molecule has 0 spiro atoms. The molecule has 1 saturated heterocycles. The largest absolute Gasteiger partial charge is 0.495 e. The summed E-state index contributed by atoms with van der Waals surface area (Å²) in [5.74, 6) is 0.586. The summed E-state index contributed by atoms with van der Waals surface area (Å²) in [6, 6.07) is 1.91. The summed E-state index contributed by atoms with van der Waals surface area (Å²) in [5.41, 5.74) is 1.66. The molecule has 1 N–H and O–H groups in total. The molecular formula is C13H17BrFNO. The zero-order chi connectivity index (χ0) is 12.4. The average Bonchev–Trinajstić information content (AvgIpc) is 2.78. The van der Waals surface area contributed by atoms with E-state index in [0.29, 0.717) is 16.1 Å². The van der Waals surface area contributed by atoms with Gasteiger partial charge in [-0.25, -0.2) is 4.39 Å². The fourth-order valence-corrected chi connectivity index (χ4v) is 2.99. The van der Waals surface area contributed by atoms with Crippen molar-refractivity contribution in [1.82, 2.24) is 5.32 Å². The van der Waals surface area contributed by atoms with Crippen LogP contribution in [0.4, 0.5) is 4.39 Å². The molecule has 1 aromatic carbocycles. The lowest BCUT2D eigenvalue weighted by molar-refractivity contribution is 0.401. The van der Waals surface area contributed by atoms with Crippen molar-refractivity contribution in [2.24, 2.45) is 0 Å². The Morgan fingerprint density at radius 1 is 1.59 bits per heavy atom. The lowest BCUT2D eigenvalue weighted by Crippen LogP contribution is -2.24. The maximum Gasteiger partial charge on any atom is 0.136 e. The molecule has 2 nitrogen and oxygen atoms in total. The van der Waals surface area contributed by atoms with Crippen molar-refractivity contribution in [1.29, 1.82) is 0 Å². The molecule has 0 radical (unpaired) electrons. The Bertz CT molecular complexity index is 416. The minimum atomic E-state index is -0.175. The molecule has 1 aliphatic heterocycles. The number of benzene rings is 1. The van der Waals surface area contributed by atoms with E-state index in [9.17, 15) is 4.39 Å². The van der Waals surface area contributed by atoms with E-state index in [-0.39, 0.29) is 5.82 Å². The second kappa shape index (κ2) is 5.36. The molecular weight excluding hydrogens is 285 g/mol. The standard InChI is InChI=1S/C13H17BrFNO/c1-8-10(6-9-4-3-5-16-9)13(17-2)11(14)7-12(8)15/h7,9,16H,3-6H2,1-2H3. The topological polar surface area (TPSA) is 21.3 Å². The Labute approximate surface area is 110 Å². The Morgan fingerprint density at radius 3 is 2.94 bits per heavy atom. The molecule has 1 fully saturated rings. The van der Waals surface area contributed by atoms with Crippen LogP contribution in [0.25, 0.3) is 0 Å². The normalized spacial score (nSPS) is 19.6. The van der Waals surface area contributed by atoms with Gasteiger partial charge in [-0.2, -0.15) is 0 Å². The molecule has 1 heterocycles. The number of methoxy groups -OCH3 is 1. The summed E-state index contributed by atoms with van der Waals surface area (Å²) in [4.78, 5) is 0. The van der Waals surface area contributed by atoms with Gasteiger partial charge in [-0.1, -0.05) is 0 Å². The van der Waals surface area contributed by atoms with Gasteiger partial charge in [-0.15, -0.1) is 0 Å². The first-order valence-corrected chi connectivity index (χ1v) is 6.67. The monoisotopic (exact) mass is 301 g/mol. The molecule has 1 aliphatic rings. The quantitative estimate of drug-likeness (QED) is 0.926. The van der Waals surface area contributed by atoms with Crippen LogP contribution in [0.2, 0.25) is 0 Å². The van der Waals surface area contributed by atoms with Gasteiger partial charge in [0.05, 0.1) is 11.6 Å². The predicted molar refractivity (Wildman–Crippen MR) is 70.1 cm³/mol. The van der Waals surface area contributed by atoms with E-state index in [1.807, 2.05) is 6.92 Å². The third kappa shape index (κ3) is 2.63. The zero-order valence-corrected chi connectivity index (χ0v) is 11.7. The molecule has 0 saturated carbocycles. The molecule has 17 heavy (non-hydrogen) atoms. The van der Waals surface area contributed by atoms with E-state index in [1.165, 1.54) is 12.5 Å². The lowest BCUT2D eigenvalue weighted by atomic mass is 9.98. The summed E-state index contributed by atoms with van der Waals surface area (Å²) in [7, 11) is 1.63. The smallest absolute Gasteiger partial charge is 0.136 e. The molecule has 0 bridgehead atoms. The van der Waals surface area contributed by atoms with E-state index in [4.69, 9.17) is 4.74 Å². The summed E-state index contributed by atoms with van der Waals surface area (Å²) < 4.78 is 19.8. The van der Waals surface area contributed by atoms with Crippen molar-refractivity contribution in [2.75, 3.05) is 13.7 Å². The van der Waals surface area contributed by atoms with Crippen LogP contribution in [0.3, 0.4) is 0 Å². The number of ether oxygens (including phenoxy) is 1. The predicted octanol–water partition coefficient (Wildman–Crippen LogP) is 3.20. The SMILES string of the molecule is COc1c(Br)cc(F)c(C)c1CC1CCCN1. The Kier molecular flexibility index (Phi) is 4.05. The Balaban J connectivity index is 2.35. The lowest BCUT2D eigenvalue weighted by Gasteiger charge is -2.17. The first kappa shape index (κ1) is 12.8. The molecule has 2 rings (SSSR count). The van der Waals surface area contributed by atoms with E-state index in [0.717, 1.165) is 30.7 Å². The summed E-state index contributed by atoms with van der Waals surface area (Å²) in [5, 5.41) is 3.43. The van der Waals surface area contributed by atoms with Gasteiger partial charge in [0.1, 0.15) is 11.6 Å². The Hall–Kier alpha value is -0.610. The van der Waals surface area contributed by atoms with Crippen LogP contribution >= 0.6 is 15.9 Å². The molecule has 4 heteroatoms. The highest BCUT2D eigenvalue weighted by Gasteiger charge is 2.21. The van der Waals surface area contributed by atoms with E-state index < -0.39 is 0 Å². The summed E-state index contributed by atoms with van der Waals surface area (Å²) in [6.45, 7) is 2.87. The highest BCUT2D eigenvalue weighted by molar-refractivity contribution is 9.10. The summed E-state index contributed by atoms with van der Waals surface area (Å²) >= 11 is 3.36. The fourth-order valence-electron chi connectivity index (χ4n) is 2.39. The van der Waals surface area contributed by atoms with Crippen LogP contribution in [0, 0.1) is 12.7 Å². The molecule has 1 atom stereocenters. The number of rotatable bonds is 3. The maximum absolute atomic E-state index is 13.7. The van der Waals surface area contributed by atoms with Gasteiger partial charge in [0.2, 0.25) is 0 Å². The van der Waals surface area contributed by atoms with Crippen molar-refractivity contribution in [2.45, 2.75) is 32.2 Å². The second-order valence-corrected chi connectivity index (χ2v) is 5.33. The average molecular weight is 302 g/mol. The molecule has 0 aliphatic carbocycles. The van der Waals surface area contributed by atoms with Crippen molar-refractivity contribution >= 4 is 15.9 Å². The van der Waals surface area contributed by atoms with Crippen molar-refractivity contribution in [3.05, 3.63) is 27.5 Å². The fraction of sp³-hybridized carbons (Fsp3) is 0.538. The number of halogens is 2. The van der Waals surface area contributed by atoms with Gasteiger partial charge in [-0.3, -0.25) is 0 Å². The van der Waals surface area contributed by atoms with Crippen LogP contribution < -0.4 is 10.1 Å². The maximum atomic E-state index is 13.7. The van der Waals surface area contributed by atoms with Gasteiger partial charge in [0.15, 0.2) is 0 Å². The molecule has 0 aromatic heterocycles. The van der Waals surface area contributed by atoms with Gasteiger partial charge in [-0.05, 0) is 60.3 Å². The van der Waals surface area contributed by atoms with Crippen molar-refractivity contribution in [3.63, 3.8) is 0 Å². The highest BCUT2D eigenvalue weighted by Crippen LogP contribution is 2.34. The second-order valence-electron chi connectivity index (χ2n) is 4.47. The van der Waals surface area contributed by atoms with Crippen LogP contribution in [0.5, 0.6) is 5.75 Å². The zero-order valence-electron chi connectivity index (χ0n) is 10.1. The number of nitrogens with one attached hydrogen (secondary N) is 1. The van der Waals surface area contributed by atoms with Crippen LogP contribution in [-0.2, 0) is 6.42 Å². The summed E-state index contributed by atoms with van der Waals surface area (Å²) in [6.07, 6.45) is 3.17.